The van der Waals surface area contributed by atoms with Gasteiger partial charge in [-0.3, -0.25) is 0 Å². The average molecular weight is 272 g/mol. The lowest BCUT2D eigenvalue weighted by Gasteiger charge is -2.05. The molecule has 0 atom stereocenters. The largest absolute Gasteiger partial charge is 0.496 e. The first-order chi connectivity index (χ1) is 9.36. The number of methoxy groups -OCH3 is 1. The van der Waals surface area contributed by atoms with Crippen molar-refractivity contribution in [2.24, 2.45) is 0 Å². The molecule has 3 rings (SSSR count). The standard InChI is InChI=1S/C14H12N2O2S/c1-17-11-6-3-2-5-10(11)9-13-15-16-14(18-13)12-7-4-8-19-12/h2-8H,9H2,1H3. The number of hydrogen-bond donors (Lipinski definition) is 0. The molecule has 0 N–H and O–H groups in total. The van der Waals surface area contributed by atoms with E-state index in [0.717, 1.165) is 16.2 Å². The highest BCUT2D eigenvalue weighted by Crippen LogP contribution is 2.25. The molecule has 0 aliphatic carbocycles. The van der Waals surface area contributed by atoms with Crippen molar-refractivity contribution >= 4 is 11.3 Å². The Morgan fingerprint density at radius 2 is 2.05 bits per heavy atom. The van der Waals surface area contributed by atoms with Gasteiger partial charge in [0.1, 0.15) is 5.75 Å². The summed E-state index contributed by atoms with van der Waals surface area (Å²) in [6, 6.07) is 11.7. The third-order valence-electron chi connectivity index (χ3n) is 2.73. The van der Waals surface area contributed by atoms with Gasteiger partial charge in [-0.25, -0.2) is 0 Å². The van der Waals surface area contributed by atoms with Crippen LogP contribution in [0.2, 0.25) is 0 Å². The van der Waals surface area contributed by atoms with E-state index in [0.29, 0.717) is 18.2 Å². The van der Waals surface area contributed by atoms with E-state index in [-0.39, 0.29) is 0 Å². The predicted molar refractivity (Wildman–Crippen MR) is 73.4 cm³/mol. The molecule has 5 heteroatoms. The highest BCUT2D eigenvalue weighted by atomic mass is 32.1. The lowest BCUT2D eigenvalue weighted by atomic mass is 10.1. The molecule has 2 aromatic heterocycles. The fourth-order valence-corrected chi connectivity index (χ4v) is 2.48. The number of benzene rings is 1. The molecule has 4 nitrogen and oxygen atoms in total. The summed E-state index contributed by atoms with van der Waals surface area (Å²) in [6.07, 6.45) is 0.572. The second-order valence-electron chi connectivity index (χ2n) is 3.97. The van der Waals surface area contributed by atoms with E-state index in [1.54, 1.807) is 18.4 Å². The molecule has 0 fully saturated rings. The summed E-state index contributed by atoms with van der Waals surface area (Å²) in [6.45, 7) is 0. The summed E-state index contributed by atoms with van der Waals surface area (Å²) >= 11 is 1.58. The zero-order valence-corrected chi connectivity index (χ0v) is 11.2. The lowest BCUT2D eigenvalue weighted by molar-refractivity contribution is 0.408. The normalized spacial score (nSPS) is 10.6. The van der Waals surface area contributed by atoms with Crippen molar-refractivity contribution in [1.29, 1.82) is 0 Å². The predicted octanol–water partition coefficient (Wildman–Crippen LogP) is 3.40. The molecule has 1 aromatic carbocycles. The van der Waals surface area contributed by atoms with E-state index < -0.39 is 0 Å². The molecule has 0 amide bonds. The van der Waals surface area contributed by atoms with Gasteiger partial charge in [0.25, 0.3) is 5.89 Å². The molecule has 0 aliphatic rings. The van der Waals surface area contributed by atoms with Crippen molar-refractivity contribution in [3.63, 3.8) is 0 Å². The van der Waals surface area contributed by atoms with Gasteiger partial charge < -0.3 is 9.15 Å². The van der Waals surface area contributed by atoms with Crippen LogP contribution in [-0.2, 0) is 6.42 Å². The summed E-state index contributed by atoms with van der Waals surface area (Å²) in [5.41, 5.74) is 1.03. The molecule has 19 heavy (non-hydrogen) atoms. The van der Waals surface area contributed by atoms with Gasteiger partial charge in [-0.1, -0.05) is 24.3 Å². The van der Waals surface area contributed by atoms with Crippen LogP contribution in [0, 0.1) is 0 Å². The van der Waals surface area contributed by atoms with E-state index in [2.05, 4.69) is 10.2 Å². The molecule has 96 valence electrons. The third kappa shape index (κ3) is 2.51. The van der Waals surface area contributed by atoms with Crippen LogP contribution in [-0.4, -0.2) is 17.3 Å². The molecule has 0 radical (unpaired) electrons. The fourth-order valence-electron chi connectivity index (χ4n) is 1.84. The molecule has 3 aromatic rings. The van der Waals surface area contributed by atoms with Gasteiger partial charge in [-0.2, -0.15) is 0 Å². The first-order valence-electron chi connectivity index (χ1n) is 5.85. The Morgan fingerprint density at radius 3 is 2.84 bits per heavy atom. The minimum absolute atomic E-state index is 0.569. The Labute approximate surface area is 114 Å². The molecule has 0 saturated carbocycles. The van der Waals surface area contributed by atoms with E-state index in [4.69, 9.17) is 9.15 Å². The quantitative estimate of drug-likeness (QED) is 0.730. The first kappa shape index (κ1) is 11.9. The Morgan fingerprint density at radius 1 is 1.16 bits per heavy atom. The van der Waals surface area contributed by atoms with E-state index in [9.17, 15) is 0 Å². The molecule has 0 aliphatic heterocycles. The topological polar surface area (TPSA) is 48.2 Å². The van der Waals surface area contributed by atoms with Crippen molar-refractivity contribution in [2.45, 2.75) is 6.42 Å². The van der Waals surface area contributed by atoms with Crippen LogP contribution >= 0.6 is 11.3 Å². The van der Waals surface area contributed by atoms with Gasteiger partial charge in [-0.05, 0) is 17.5 Å². The SMILES string of the molecule is COc1ccccc1Cc1nnc(-c2cccs2)o1. The second-order valence-corrected chi connectivity index (χ2v) is 4.91. The van der Waals surface area contributed by atoms with E-state index in [1.165, 1.54) is 0 Å². The summed E-state index contributed by atoms with van der Waals surface area (Å²) in [5, 5.41) is 10.1. The summed E-state index contributed by atoms with van der Waals surface area (Å²) in [7, 11) is 1.66. The van der Waals surface area contributed by atoms with Gasteiger partial charge in [0.15, 0.2) is 0 Å². The minimum atomic E-state index is 0.569. The molecule has 0 saturated heterocycles. The van der Waals surface area contributed by atoms with E-state index in [1.807, 2.05) is 41.8 Å². The Balaban J connectivity index is 1.84. The Hall–Kier alpha value is -2.14. The number of aromatic nitrogens is 2. The van der Waals surface area contributed by atoms with Gasteiger partial charge >= 0.3 is 0 Å². The maximum atomic E-state index is 5.66. The van der Waals surface area contributed by atoms with Crippen LogP contribution in [0.25, 0.3) is 10.8 Å². The zero-order chi connectivity index (χ0) is 13.1. The van der Waals surface area contributed by atoms with Crippen LogP contribution in [0.4, 0.5) is 0 Å². The van der Waals surface area contributed by atoms with Crippen molar-refractivity contribution in [3.8, 4) is 16.5 Å². The fraction of sp³-hybridized carbons (Fsp3) is 0.143. The summed E-state index contributed by atoms with van der Waals surface area (Å²) in [5.74, 6) is 1.99. The Kier molecular flexibility index (Phi) is 3.29. The van der Waals surface area contributed by atoms with Crippen molar-refractivity contribution in [1.82, 2.24) is 10.2 Å². The van der Waals surface area contributed by atoms with Crippen LogP contribution in [0.15, 0.2) is 46.2 Å². The molecule has 0 unspecified atom stereocenters. The average Bonchev–Trinajstić information content (AvgIpc) is 3.09. The maximum Gasteiger partial charge on any atom is 0.257 e. The van der Waals surface area contributed by atoms with E-state index >= 15 is 0 Å². The number of rotatable bonds is 4. The number of hydrogen-bond acceptors (Lipinski definition) is 5. The van der Waals surface area contributed by atoms with Crippen LogP contribution < -0.4 is 4.74 Å². The minimum Gasteiger partial charge on any atom is -0.496 e. The van der Waals surface area contributed by atoms with Crippen molar-refractivity contribution in [2.75, 3.05) is 7.11 Å². The molecular weight excluding hydrogens is 260 g/mol. The molecule has 0 spiro atoms. The summed E-state index contributed by atoms with van der Waals surface area (Å²) < 4.78 is 11.0. The number of thiophene rings is 1. The number of ether oxygens (including phenoxy) is 1. The van der Waals surface area contributed by atoms with Gasteiger partial charge in [0.05, 0.1) is 18.4 Å². The number of para-hydroxylation sites is 1. The molecule has 0 bridgehead atoms. The smallest absolute Gasteiger partial charge is 0.257 e. The third-order valence-corrected chi connectivity index (χ3v) is 3.59. The van der Waals surface area contributed by atoms with Crippen LogP contribution in [0.3, 0.4) is 0 Å². The van der Waals surface area contributed by atoms with Crippen molar-refractivity contribution < 1.29 is 9.15 Å². The maximum absolute atomic E-state index is 5.66. The second kappa shape index (κ2) is 5.24. The first-order valence-corrected chi connectivity index (χ1v) is 6.73. The van der Waals surface area contributed by atoms with Crippen LogP contribution in [0.5, 0.6) is 5.75 Å². The van der Waals surface area contributed by atoms with Gasteiger partial charge in [0, 0.05) is 5.56 Å². The number of nitrogens with zero attached hydrogens (tertiary/aromatic N) is 2. The van der Waals surface area contributed by atoms with Crippen molar-refractivity contribution in [3.05, 3.63) is 53.2 Å². The van der Waals surface area contributed by atoms with Gasteiger partial charge in [-0.15, -0.1) is 21.5 Å². The zero-order valence-electron chi connectivity index (χ0n) is 10.4. The highest BCUT2D eigenvalue weighted by molar-refractivity contribution is 7.13. The molecular formula is C14H12N2O2S. The summed E-state index contributed by atoms with van der Waals surface area (Å²) in [4.78, 5) is 0.985. The van der Waals surface area contributed by atoms with Crippen LogP contribution in [0.1, 0.15) is 11.5 Å². The molecule has 2 heterocycles. The van der Waals surface area contributed by atoms with Gasteiger partial charge in [0.2, 0.25) is 5.89 Å². The monoisotopic (exact) mass is 272 g/mol. The lowest BCUT2D eigenvalue weighted by Crippen LogP contribution is -1.93. The highest BCUT2D eigenvalue weighted by Gasteiger charge is 2.11. The Bertz CT molecular complexity index is 662.